The predicted molar refractivity (Wildman–Crippen MR) is 51.9 cm³/mol. The van der Waals surface area contributed by atoms with Gasteiger partial charge < -0.3 is 10.1 Å². The fourth-order valence-corrected chi connectivity index (χ4v) is 1.67. The summed E-state index contributed by atoms with van der Waals surface area (Å²) in [6.45, 7) is 6.17. The fraction of sp³-hybridized carbons (Fsp3) is 0.778. The molecule has 0 atom stereocenters. The fourth-order valence-electron chi connectivity index (χ4n) is 1.67. The van der Waals surface area contributed by atoms with Gasteiger partial charge >= 0.3 is 0 Å². The van der Waals surface area contributed by atoms with E-state index in [2.05, 4.69) is 15.6 Å². The van der Waals surface area contributed by atoms with Crippen LogP contribution in [0.5, 0.6) is 0 Å². The molecule has 0 saturated heterocycles. The number of aromatic nitrogens is 3. The first-order chi connectivity index (χ1) is 6.92. The van der Waals surface area contributed by atoms with Crippen LogP contribution in [0.4, 0.5) is 0 Å². The van der Waals surface area contributed by atoms with Gasteiger partial charge in [-0.1, -0.05) is 5.21 Å². The van der Waals surface area contributed by atoms with Crippen molar-refractivity contribution in [3.05, 3.63) is 11.4 Å². The molecule has 0 bridgehead atoms. The summed E-state index contributed by atoms with van der Waals surface area (Å²) in [5.41, 5.74) is 2.36. The summed E-state index contributed by atoms with van der Waals surface area (Å²) in [5.74, 6) is 0. The lowest BCUT2D eigenvalue weighted by molar-refractivity contribution is 0.135. The molecule has 14 heavy (non-hydrogen) atoms. The molecule has 1 N–H and O–H groups in total. The number of ether oxygens (including phenoxy) is 1. The minimum atomic E-state index is 0.722. The second kappa shape index (κ2) is 4.52. The van der Waals surface area contributed by atoms with Gasteiger partial charge in [0.25, 0.3) is 0 Å². The number of hydrogen-bond acceptors (Lipinski definition) is 4. The van der Waals surface area contributed by atoms with Crippen LogP contribution < -0.4 is 5.32 Å². The third-order valence-corrected chi connectivity index (χ3v) is 2.40. The highest BCUT2D eigenvalue weighted by Gasteiger charge is 2.15. The molecule has 1 aromatic heterocycles. The largest absolute Gasteiger partial charge is 0.380 e. The molecule has 5 heteroatoms. The van der Waals surface area contributed by atoms with Crippen molar-refractivity contribution >= 4 is 0 Å². The molecule has 0 saturated carbocycles. The Labute approximate surface area is 83.4 Å². The number of rotatable bonds is 4. The first-order valence-electron chi connectivity index (χ1n) is 5.11. The minimum absolute atomic E-state index is 0.722. The summed E-state index contributed by atoms with van der Waals surface area (Å²) in [6, 6.07) is 0. The van der Waals surface area contributed by atoms with Crippen LogP contribution in [0.25, 0.3) is 0 Å². The van der Waals surface area contributed by atoms with Crippen LogP contribution in [-0.4, -0.2) is 34.8 Å². The molecule has 78 valence electrons. The predicted octanol–water partition coefficient (Wildman–Crippen LogP) is -0.0397. The summed E-state index contributed by atoms with van der Waals surface area (Å²) in [6.07, 6.45) is 1.02. The molecule has 0 fully saturated rings. The Kier molecular flexibility index (Phi) is 3.10. The van der Waals surface area contributed by atoms with Crippen LogP contribution in [-0.2, 0) is 24.2 Å². The number of hydrogen-bond donors (Lipinski definition) is 1. The zero-order valence-electron chi connectivity index (χ0n) is 8.49. The van der Waals surface area contributed by atoms with Crippen LogP contribution in [0, 0.1) is 0 Å². The average Bonchev–Trinajstić information content (AvgIpc) is 2.63. The van der Waals surface area contributed by atoms with Gasteiger partial charge in [-0.15, -0.1) is 5.10 Å². The zero-order valence-corrected chi connectivity index (χ0v) is 8.49. The standard InChI is InChI=1S/C9H16N4O/c1-2-14-6-5-13-9-3-4-10-7-8(9)11-12-13/h10H,2-7H2,1H3. The molecule has 1 aliphatic rings. The monoisotopic (exact) mass is 196 g/mol. The van der Waals surface area contributed by atoms with Crippen LogP contribution in [0.1, 0.15) is 18.3 Å². The minimum Gasteiger partial charge on any atom is -0.380 e. The zero-order chi connectivity index (χ0) is 9.80. The highest BCUT2D eigenvalue weighted by molar-refractivity contribution is 5.13. The lowest BCUT2D eigenvalue weighted by Gasteiger charge is -2.13. The molecule has 2 heterocycles. The summed E-state index contributed by atoms with van der Waals surface area (Å²) >= 11 is 0. The van der Waals surface area contributed by atoms with Crippen molar-refractivity contribution in [1.82, 2.24) is 20.3 Å². The van der Waals surface area contributed by atoms with Gasteiger partial charge in [0.05, 0.1) is 24.5 Å². The molecule has 2 rings (SSSR count). The maximum atomic E-state index is 5.29. The van der Waals surface area contributed by atoms with Gasteiger partial charge in [-0.25, -0.2) is 4.68 Å². The van der Waals surface area contributed by atoms with Crippen molar-refractivity contribution in [1.29, 1.82) is 0 Å². The molecule has 0 aliphatic carbocycles. The average molecular weight is 196 g/mol. The van der Waals surface area contributed by atoms with Crippen LogP contribution in [0.2, 0.25) is 0 Å². The highest BCUT2D eigenvalue weighted by Crippen LogP contribution is 2.09. The van der Waals surface area contributed by atoms with E-state index in [4.69, 9.17) is 4.74 Å². The van der Waals surface area contributed by atoms with Gasteiger partial charge in [-0.3, -0.25) is 0 Å². The lowest BCUT2D eigenvalue weighted by atomic mass is 10.2. The van der Waals surface area contributed by atoms with Crippen LogP contribution >= 0.6 is 0 Å². The van der Waals surface area contributed by atoms with E-state index < -0.39 is 0 Å². The third-order valence-electron chi connectivity index (χ3n) is 2.40. The smallest absolute Gasteiger partial charge is 0.0997 e. The molecular weight excluding hydrogens is 180 g/mol. The van der Waals surface area contributed by atoms with Crippen molar-refractivity contribution in [2.24, 2.45) is 0 Å². The Balaban J connectivity index is 1.99. The summed E-state index contributed by atoms with van der Waals surface area (Å²) in [7, 11) is 0. The van der Waals surface area contributed by atoms with Crippen molar-refractivity contribution in [2.75, 3.05) is 19.8 Å². The Morgan fingerprint density at radius 1 is 1.57 bits per heavy atom. The highest BCUT2D eigenvalue weighted by atomic mass is 16.5. The molecular formula is C9H16N4O. The molecule has 0 aromatic carbocycles. The van der Waals surface area contributed by atoms with Gasteiger partial charge in [0.15, 0.2) is 0 Å². The molecule has 0 unspecified atom stereocenters. The quantitative estimate of drug-likeness (QED) is 0.687. The normalized spacial score (nSPS) is 15.5. The van der Waals surface area contributed by atoms with E-state index in [9.17, 15) is 0 Å². The van der Waals surface area contributed by atoms with Gasteiger partial charge in [-0.2, -0.15) is 0 Å². The third kappa shape index (κ3) is 1.93. The van der Waals surface area contributed by atoms with E-state index in [0.717, 1.165) is 45.0 Å². The first kappa shape index (κ1) is 9.61. The molecule has 1 aliphatic heterocycles. The second-order valence-electron chi connectivity index (χ2n) is 3.33. The maximum absolute atomic E-state index is 5.29. The number of nitrogens with zero attached hydrogens (tertiary/aromatic N) is 3. The summed E-state index contributed by atoms with van der Waals surface area (Å²) in [5, 5.41) is 11.5. The van der Waals surface area contributed by atoms with Gasteiger partial charge in [0.2, 0.25) is 0 Å². The number of fused-ring (bicyclic) bond motifs is 1. The summed E-state index contributed by atoms with van der Waals surface area (Å²) < 4.78 is 7.26. The Morgan fingerprint density at radius 3 is 3.36 bits per heavy atom. The van der Waals surface area contributed by atoms with Gasteiger partial charge in [0, 0.05) is 26.1 Å². The van der Waals surface area contributed by atoms with Crippen molar-refractivity contribution in [3.8, 4) is 0 Å². The van der Waals surface area contributed by atoms with E-state index in [1.54, 1.807) is 0 Å². The molecule has 0 radical (unpaired) electrons. The lowest BCUT2D eigenvalue weighted by Crippen LogP contribution is -2.25. The van der Waals surface area contributed by atoms with E-state index >= 15 is 0 Å². The first-order valence-corrected chi connectivity index (χ1v) is 5.11. The topological polar surface area (TPSA) is 52.0 Å². The Hall–Kier alpha value is -0.940. The molecule has 5 nitrogen and oxygen atoms in total. The van der Waals surface area contributed by atoms with E-state index in [0.29, 0.717) is 0 Å². The maximum Gasteiger partial charge on any atom is 0.0997 e. The van der Waals surface area contributed by atoms with Gasteiger partial charge in [0.1, 0.15) is 0 Å². The van der Waals surface area contributed by atoms with Crippen LogP contribution in [0.3, 0.4) is 0 Å². The second-order valence-corrected chi connectivity index (χ2v) is 3.33. The Bertz CT molecular complexity index is 297. The molecule has 0 spiro atoms. The van der Waals surface area contributed by atoms with E-state index in [1.807, 2.05) is 11.6 Å². The Morgan fingerprint density at radius 2 is 2.50 bits per heavy atom. The molecule has 0 amide bonds. The summed E-state index contributed by atoms with van der Waals surface area (Å²) in [4.78, 5) is 0. The number of nitrogens with one attached hydrogen (secondary N) is 1. The van der Waals surface area contributed by atoms with E-state index in [-0.39, 0.29) is 0 Å². The SMILES string of the molecule is CCOCCn1nnc2c1CCNC2. The van der Waals surface area contributed by atoms with Crippen LogP contribution in [0.15, 0.2) is 0 Å². The van der Waals surface area contributed by atoms with E-state index in [1.165, 1.54) is 5.69 Å². The molecule has 1 aromatic rings. The van der Waals surface area contributed by atoms with Gasteiger partial charge in [-0.05, 0) is 6.92 Å². The van der Waals surface area contributed by atoms with Crippen molar-refractivity contribution in [3.63, 3.8) is 0 Å². The van der Waals surface area contributed by atoms with Crippen molar-refractivity contribution < 1.29 is 4.74 Å². The van der Waals surface area contributed by atoms with Crippen molar-refractivity contribution in [2.45, 2.75) is 26.4 Å².